The fraction of sp³-hybridized carbons (Fsp3) is 0.560. The number of aryl methyl sites for hydroxylation is 1. The zero-order valence-electron chi connectivity index (χ0n) is 16.6. The first kappa shape index (κ1) is 16.2. The Balaban J connectivity index is 1.58. The normalized spacial score (nSPS) is 39.0. The van der Waals surface area contributed by atoms with Gasteiger partial charge in [0.2, 0.25) is 0 Å². The molecule has 27 heavy (non-hydrogen) atoms. The molecule has 2 heterocycles. The Labute approximate surface area is 163 Å². The van der Waals surface area contributed by atoms with Crippen LogP contribution in [0.4, 0.5) is 11.5 Å². The summed E-state index contributed by atoms with van der Waals surface area (Å²) in [5, 5.41) is 0. The first-order valence-electron chi connectivity index (χ1n) is 11.0. The molecule has 1 aromatic heterocycles. The van der Waals surface area contributed by atoms with Crippen molar-refractivity contribution in [2.45, 2.75) is 63.8 Å². The largest absolute Gasteiger partial charge is 0.322 e. The van der Waals surface area contributed by atoms with E-state index < -0.39 is 0 Å². The molecule has 6 unspecified atom stereocenters. The van der Waals surface area contributed by atoms with Crippen LogP contribution in [0, 0.1) is 30.6 Å². The van der Waals surface area contributed by atoms with Gasteiger partial charge in [0, 0.05) is 28.9 Å². The van der Waals surface area contributed by atoms with E-state index in [0.29, 0.717) is 11.5 Å². The maximum atomic E-state index is 4.97. The first-order valence-corrected chi connectivity index (χ1v) is 11.0. The number of rotatable bonds is 1. The average molecular weight is 359 g/mol. The van der Waals surface area contributed by atoms with Crippen molar-refractivity contribution in [1.29, 1.82) is 0 Å². The number of benzene rings is 1. The summed E-state index contributed by atoms with van der Waals surface area (Å²) in [5.41, 5.74) is 4.59. The summed E-state index contributed by atoms with van der Waals surface area (Å²) >= 11 is 0. The summed E-state index contributed by atoms with van der Waals surface area (Å²) in [6, 6.07) is 14.0. The van der Waals surface area contributed by atoms with Gasteiger partial charge in [-0.25, -0.2) is 4.98 Å². The van der Waals surface area contributed by atoms with Gasteiger partial charge in [0.1, 0.15) is 5.82 Å². The lowest BCUT2D eigenvalue weighted by Crippen LogP contribution is -2.55. The van der Waals surface area contributed by atoms with E-state index in [1.807, 2.05) is 6.20 Å². The summed E-state index contributed by atoms with van der Waals surface area (Å²) in [5.74, 6) is 4.90. The van der Waals surface area contributed by atoms with Gasteiger partial charge in [-0.15, -0.1) is 0 Å². The minimum absolute atomic E-state index is 0.303. The first-order chi connectivity index (χ1) is 13.2. The second-order valence-corrected chi connectivity index (χ2v) is 9.79. The Morgan fingerprint density at radius 1 is 0.926 bits per heavy atom. The Kier molecular flexibility index (Phi) is 3.35. The lowest BCUT2D eigenvalue weighted by Gasteiger charge is -2.54. The molecule has 2 heteroatoms. The molecule has 0 radical (unpaired) electrons. The summed E-state index contributed by atoms with van der Waals surface area (Å²) < 4.78 is 0. The highest BCUT2D eigenvalue weighted by Crippen LogP contribution is 2.66. The molecule has 140 valence electrons. The van der Waals surface area contributed by atoms with Gasteiger partial charge in [0.25, 0.3) is 0 Å². The van der Waals surface area contributed by atoms with Crippen molar-refractivity contribution in [3.8, 4) is 0 Å². The molecular formula is C25H30N2. The van der Waals surface area contributed by atoms with Crippen LogP contribution in [0.25, 0.3) is 0 Å². The molecule has 4 saturated carbocycles. The molecule has 0 N–H and O–H groups in total. The monoisotopic (exact) mass is 358 g/mol. The van der Waals surface area contributed by atoms with Gasteiger partial charge in [0.05, 0.1) is 0 Å². The molecule has 4 bridgehead atoms. The van der Waals surface area contributed by atoms with E-state index in [4.69, 9.17) is 4.98 Å². The number of nitrogens with zero attached hydrogens (tertiary/aromatic N) is 2. The van der Waals surface area contributed by atoms with Gasteiger partial charge in [-0.1, -0.05) is 30.7 Å². The Morgan fingerprint density at radius 2 is 1.74 bits per heavy atom. The van der Waals surface area contributed by atoms with Crippen LogP contribution in [0.2, 0.25) is 0 Å². The van der Waals surface area contributed by atoms with Crippen LogP contribution in [-0.2, 0) is 5.41 Å². The third kappa shape index (κ3) is 1.99. The maximum absolute atomic E-state index is 4.97. The van der Waals surface area contributed by atoms with Gasteiger partial charge in [-0.05, 0) is 87.3 Å². The highest BCUT2D eigenvalue weighted by atomic mass is 15.3. The molecule has 6 atom stereocenters. The lowest BCUT2D eigenvalue weighted by atomic mass is 9.50. The van der Waals surface area contributed by atoms with Crippen molar-refractivity contribution in [2.75, 3.05) is 4.90 Å². The minimum atomic E-state index is 0.303. The topological polar surface area (TPSA) is 16.1 Å². The highest BCUT2D eigenvalue weighted by molar-refractivity contribution is 5.73. The number of aromatic nitrogens is 1. The van der Waals surface area contributed by atoms with E-state index in [-0.39, 0.29) is 0 Å². The number of fused-ring (bicyclic) bond motifs is 2. The van der Waals surface area contributed by atoms with Gasteiger partial charge < -0.3 is 4.90 Å². The standard InChI is InChI=1S/C25H30N2/c1-16-6-3-4-8-23(16)27-17(2)25(22-7-5-11-26-24(22)27)20-10-9-18-12-19(14-20)15-21(25)13-18/h3-8,11,17-21H,9-10,12-15H2,1-2H3. The fourth-order valence-corrected chi connectivity index (χ4v) is 7.93. The fourth-order valence-electron chi connectivity index (χ4n) is 7.93. The van der Waals surface area contributed by atoms with Crippen LogP contribution in [-0.4, -0.2) is 11.0 Å². The van der Waals surface area contributed by atoms with E-state index in [9.17, 15) is 0 Å². The second-order valence-electron chi connectivity index (χ2n) is 9.79. The molecule has 4 fully saturated rings. The molecule has 2 nitrogen and oxygen atoms in total. The van der Waals surface area contributed by atoms with Crippen molar-refractivity contribution >= 4 is 11.5 Å². The minimum Gasteiger partial charge on any atom is -0.322 e. The van der Waals surface area contributed by atoms with Gasteiger partial charge in [-0.3, -0.25) is 0 Å². The molecule has 2 aromatic rings. The Bertz CT molecular complexity index is 879. The number of hydrogen-bond donors (Lipinski definition) is 0. The quantitative estimate of drug-likeness (QED) is 0.620. The molecule has 7 rings (SSSR count). The molecular weight excluding hydrogens is 328 g/mol. The lowest BCUT2D eigenvalue weighted by molar-refractivity contribution is 0.0267. The van der Waals surface area contributed by atoms with Gasteiger partial charge >= 0.3 is 0 Å². The predicted octanol–water partition coefficient (Wildman–Crippen LogP) is 6.01. The van der Waals surface area contributed by atoms with E-state index >= 15 is 0 Å². The van der Waals surface area contributed by atoms with Crippen LogP contribution >= 0.6 is 0 Å². The molecule has 0 saturated heterocycles. The zero-order chi connectivity index (χ0) is 18.2. The van der Waals surface area contributed by atoms with Crippen LogP contribution < -0.4 is 4.90 Å². The second kappa shape index (κ2) is 5.59. The molecule has 5 aliphatic rings. The SMILES string of the molecule is Cc1ccccc1N1c2ncccc2C2(C3CCC4CC(C3)CC2C4)C1C. The summed E-state index contributed by atoms with van der Waals surface area (Å²) in [7, 11) is 0. The molecule has 1 aromatic carbocycles. The van der Waals surface area contributed by atoms with Crippen molar-refractivity contribution < 1.29 is 0 Å². The van der Waals surface area contributed by atoms with Crippen LogP contribution in [0.15, 0.2) is 42.6 Å². The molecule has 1 aliphatic heterocycles. The number of para-hydroxylation sites is 1. The predicted molar refractivity (Wildman–Crippen MR) is 110 cm³/mol. The molecule has 1 spiro atoms. The third-order valence-electron chi connectivity index (χ3n) is 8.73. The van der Waals surface area contributed by atoms with Crippen molar-refractivity contribution in [3.63, 3.8) is 0 Å². The van der Waals surface area contributed by atoms with E-state index in [1.165, 1.54) is 55.6 Å². The maximum Gasteiger partial charge on any atom is 0.137 e. The third-order valence-corrected chi connectivity index (χ3v) is 8.73. The number of anilines is 2. The zero-order valence-corrected chi connectivity index (χ0v) is 16.6. The average Bonchev–Trinajstić information content (AvgIpc) is 2.75. The van der Waals surface area contributed by atoms with Gasteiger partial charge in [-0.2, -0.15) is 0 Å². The van der Waals surface area contributed by atoms with E-state index in [0.717, 1.165) is 23.7 Å². The van der Waals surface area contributed by atoms with Crippen molar-refractivity contribution in [1.82, 2.24) is 4.98 Å². The number of pyridine rings is 1. The molecule has 4 aliphatic carbocycles. The van der Waals surface area contributed by atoms with Gasteiger partial charge in [0.15, 0.2) is 0 Å². The van der Waals surface area contributed by atoms with Crippen molar-refractivity contribution in [3.05, 3.63) is 53.7 Å². The molecule has 0 amide bonds. The highest BCUT2D eigenvalue weighted by Gasteiger charge is 2.63. The smallest absolute Gasteiger partial charge is 0.137 e. The summed E-state index contributed by atoms with van der Waals surface area (Å²) in [4.78, 5) is 7.58. The van der Waals surface area contributed by atoms with Crippen LogP contribution in [0.3, 0.4) is 0 Å². The van der Waals surface area contributed by atoms with Crippen LogP contribution in [0.5, 0.6) is 0 Å². The van der Waals surface area contributed by atoms with Crippen LogP contribution in [0.1, 0.15) is 56.6 Å². The summed E-state index contributed by atoms with van der Waals surface area (Å²) in [6.07, 6.45) is 10.8. The Hall–Kier alpha value is -1.83. The van der Waals surface area contributed by atoms with E-state index in [1.54, 1.807) is 5.56 Å². The summed E-state index contributed by atoms with van der Waals surface area (Å²) in [6.45, 7) is 4.76. The van der Waals surface area contributed by atoms with E-state index in [2.05, 4.69) is 55.1 Å². The Morgan fingerprint density at radius 3 is 2.63 bits per heavy atom. The number of hydrogen-bond acceptors (Lipinski definition) is 2. The van der Waals surface area contributed by atoms with Crippen molar-refractivity contribution in [2.24, 2.45) is 23.7 Å².